The third-order valence-electron chi connectivity index (χ3n) is 3.63. The van der Waals surface area contributed by atoms with E-state index >= 15 is 0 Å². The highest BCUT2D eigenvalue weighted by atomic mass is 16.5. The van der Waals surface area contributed by atoms with Gasteiger partial charge in [-0.2, -0.15) is 0 Å². The van der Waals surface area contributed by atoms with Crippen molar-refractivity contribution >= 4 is 11.7 Å². The molecule has 1 aliphatic rings. The first-order valence-corrected chi connectivity index (χ1v) is 6.75. The van der Waals surface area contributed by atoms with Gasteiger partial charge in [-0.3, -0.25) is 0 Å². The maximum Gasteiger partial charge on any atom is 0.337 e. The molecule has 1 N–H and O–H groups in total. The highest BCUT2D eigenvalue weighted by molar-refractivity contribution is 5.94. The molecule has 19 heavy (non-hydrogen) atoms. The quantitative estimate of drug-likeness (QED) is 0.911. The van der Waals surface area contributed by atoms with Gasteiger partial charge in [-0.1, -0.05) is 13.0 Å². The molecule has 2 rings (SSSR count). The highest BCUT2D eigenvalue weighted by Gasteiger charge is 2.28. The number of aromatic carboxylic acids is 1. The molecular formula is C15H21NO3. The van der Waals surface area contributed by atoms with Crippen LogP contribution in [0.3, 0.4) is 0 Å². The number of ether oxygens (including phenoxy) is 1. The number of rotatable bonds is 3. The van der Waals surface area contributed by atoms with Crippen LogP contribution >= 0.6 is 0 Å². The van der Waals surface area contributed by atoms with Gasteiger partial charge in [-0.25, -0.2) is 4.79 Å². The van der Waals surface area contributed by atoms with Crippen LogP contribution in [0.4, 0.5) is 5.69 Å². The third-order valence-corrected chi connectivity index (χ3v) is 3.63. The van der Waals surface area contributed by atoms with Crippen LogP contribution in [0.2, 0.25) is 0 Å². The minimum absolute atomic E-state index is 0.130. The Bertz CT molecular complexity index is 472. The van der Waals surface area contributed by atoms with E-state index in [2.05, 4.69) is 11.8 Å². The number of carboxylic acid groups (broad SMARTS) is 1. The van der Waals surface area contributed by atoms with Gasteiger partial charge >= 0.3 is 5.97 Å². The van der Waals surface area contributed by atoms with Crippen LogP contribution in [0, 0.1) is 6.92 Å². The number of anilines is 1. The maximum absolute atomic E-state index is 11.4. The SMILES string of the molecule is CCC1COC(C)CN1c1cc(C)ccc1C(=O)O. The van der Waals surface area contributed by atoms with E-state index in [1.165, 1.54) is 0 Å². The number of hydrogen-bond acceptors (Lipinski definition) is 3. The number of carbonyl (C=O) groups is 1. The Hall–Kier alpha value is -1.55. The summed E-state index contributed by atoms with van der Waals surface area (Å²) in [4.78, 5) is 13.6. The summed E-state index contributed by atoms with van der Waals surface area (Å²) in [6.07, 6.45) is 1.07. The predicted molar refractivity (Wildman–Crippen MR) is 75.0 cm³/mol. The summed E-state index contributed by atoms with van der Waals surface area (Å²) in [5, 5.41) is 9.35. The average Bonchev–Trinajstić information content (AvgIpc) is 2.38. The molecule has 1 aromatic carbocycles. The smallest absolute Gasteiger partial charge is 0.337 e. The Morgan fingerprint density at radius 2 is 2.26 bits per heavy atom. The molecule has 0 spiro atoms. The van der Waals surface area contributed by atoms with E-state index in [9.17, 15) is 9.90 Å². The topological polar surface area (TPSA) is 49.8 Å². The van der Waals surface area contributed by atoms with Crippen molar-refractivity contribution in [3.05, 3.63) is 29.3 Å². The summed E-state index contributed by atoms with van der Waals surface area (Å²) in [5.41, 5.74) is 2.27. The van der Waals surface area contributed by atoms with Crippen molar-refractivity contribution in [2.45, 2.75) is 39.3 Å². The number of aryl methyl sites for hydroxylation is 1. The van der Waals surface area contributed by atoms with Crippen LogP contribution in [-0.4, -0.2) is 36.4 Å². The Balaban J connectivity index is 2.42. The van der Waals surface area contributed by atoms with Gasteiger partial charge in [-0.15, -0.1) is 0 Å². The largest absolute Gasteiger partial charge is 0.478 e. The normalized spacial score (nSPS) is 23.4. The van der Waals surface area contributed by atoms with Crippen LogP contribution in [0.25, 0.3) is 0 Å². The van der Waals surface area contributed by atoms with Crippen molar-refractivity contribution < 1.29 is 14.6 Å². The summed E-state index contributed by atoms with van der Waals surface area (Å²) in [6, 6.07) is 5.75. The first-order valence-electron chi connectivity index (χ1n) is 6.75. The van der Waals surface area contributed by atoms with Gasteiger partial charge in [0.2, 0.25) is 0 Å². The van der Waals surface area contributed by atoms with Crippen LogP contribution in [0.5, 0.6) is 0 Å². The van der Waals surface area contributed by atoms with Crippen molar-refractivity contribution in [2.75, 3.05) is 18.1 Å². The highest BCUT2D eigenvalue weighted by Crippen LogP contribution is 2.28. The molecule has 0 radical (unpaired) electrons. The van der Waals surface area contributed by atoms with E-state index in [1.807, 2.05) is 26.0 Å². The first kappa shape index (κ1) is 13.9. The summed E-state index contributed by atoms with van der Waals surface area (Å²) in [7, 11) is 0. The maximum atomic E-state index is 11.4. The van der Waals surface area contributed by atoms with Crippen LogP contribution < -0.4 is 4.90 Å². The molecule has 0 bridgehead atoms. The van der Waals surface area contributed by atoms with Gasteiger partial charge in [0.15, 0.2) is 0 Å². The molecular weight excluding hydrogens is 242 g/mol. The minimum Gasteiger partial charge on any atom is -0.478 e. The molecule has 1 heterocycles. The molecule has 0 amide bonds. The molecule has 1 saturated heterocycles. The Kier molecular flexibility index (Phi) is 4.10. The second-order valence-electron chi connectivity index (χ2n) is 5.18. The lowest BCUT2D eigenvalue weighted by molar-refractivity contribution is 0.0297. The average molecular weight is 263 g/mol. The van der Waals surface area contributed by atoms with Crippen molar-refractivity contribution in [1.29, 1.82) is 0 Å². The zero-order chi connectivity index (χ0) is 14.0. The predicted octanol–water partition coefficient (Wildman–Crippen LogP) is 2.70. The van der Waals surface area contributed by atoms with Crippen LogP contribution in [0.15, 0.2) is 18.2 Å². The number of nitrogens with zero attached hydrogens (tertiary/aromatic N) is 1. The summed E-state index contributed by atoms with van der Waals surface area (Å²) < 4.78 is 5.67. The summed E-state index contributed by atoms with van der Waals surface area (Å²) >= 11 is 0. The van der Waals surface area contributed by atoms with E-state index in [0.717, 1.165) is 24.2 Å². The lowest BCUT2D eigenvalue weighted by Crippen LogP contribution is -2.49. The van der Waals surface area contributed by atoms with Gasteiger partial charge in [0.25, 0.3) is 0 Å². The number of morpholine rings is 1. The summed E-state index contributed by atoms with van der Waals surface area (Å²) in [6.45, 7) is 7.51. The fourth-order valence-corrected chi connectivity index (χ4v) is 2.54. The van der Waals surface area contributed by atoms with Gasteiger partial charge in [0.1, 0.15) is 0 Å². The molecule has 0 aliphatic carbocycles. The molecule has 0 aromatic heterocycles. The third kappa shape index (κ3) is 2.89. The Morgan fingerprint density at radius 3 is 2.89 bits per heavy atom. The Morgan fingerprint density at radius 1 is 1.53 bits per heavy atom. The molecule has 104 valence electrons. The van der Waals surface area contributed by atoms with Crippen molar-refractivity contribution in [3.63, 3.8) is 0 Å². The molecule has 4 nitrogen and oxygen atoms in total. The fourth-order valence-electron chi connectivity index (χ4n) is 2.54. The molecule has 1 aliphatic heterocycles. The standard InChI is InChI=1S/C15H21NO3/c1-4-12-9-19-11(3)8-16(12)14-7-10(2)5-6-13(14)15(17)18/h5-7,11-12H,4,8-9H2,1-3H3,(H,17,18). The van der Waals surface area contributed by atoms with Crippen molar-refractivity contribution in [2.24, 2.45) is 0 Å². The van der Waals surface area contributed by atoms with Gasteiger partial charge in [-0.05, 0) is 38.0 Å². The van der Waals surface area contributed by atoms with Crippen LogP contribution in [0.1, 0.15) is 36.2 Å². The number of benzene rings is 1. The van der Waals surface area contributed by atoms with Gasteiger partial charge in [0.05, 0.1) is 30.0 Å². The molecule has 2 atom stereocenters. The lowest BCUT2D eigenvalue weighted by Gasteiger charge is -2.40. The fraction of sp³-hybridized carbons (Fsp3) is 0.533. The molecule has 0 saturated carbocycles. The zero-order valence-electron chi connectivity index (χ0n) is 11.7. The Labute approximate surface area is 114 Å². The minimum atomic E-state index is -0.871. The van der Waals surface area contributed by atoms with Crippen LogP contribution in [-0.2, 0) is 4.74 Å². The number of hydrogen-bond donors (Lipinski definition) is 1. The van der Waals surface area contributed by atoms with Crippen molar-refractivity contribution in [1.82, 2.24) is 0 Å². The van der Waals surface area contributed by atoms with E-state index < -0.39 is 5.97 Å². The molecule has 1 fully saturated rings. The molecule has 2 unspecified atom stereocenters. The second kappa shape index (κ2) is 5.61. The molecule has 1 aromatic rings. The van der Waals surface area contributed by atoms with E-state index in [4.69, 9.17) is 4.74 Å². The van der Waals surface area contributed by atoms with Crippen molar-refractivity contribution in [3.8, 4) is 0 Å². The molecule has 4 heteroatoms. The van der Waals surface area contributed by atoms with Gasteiger partial charge < -0.3 is 14.7 Å². The second-order valence-corrected chi connectivity index (χ2v) is 5.18. The first-order chi connectivity index (χ1) is 9.02. The monoisotopic (exact) mass is 263 g/mol. The van der Waals surface area contributed by atoms with E-state index in [1.54, 1.807) is 6.07 Å². The van der Waals surface area contributed by atoms with Gasteiger partial charge in [0, 0.05) is 6.54 Å². The zero-order valence-corrected chi connectivity index (χ0v) is 11.7. The number of carboxylic acids is 1. The summed E-state index contributed by atoms with van der Waals surface area (Å²) in [5.74, 6) is -0.871. The van der Waals surface area contributed by atoms with E-state index in [-0.39, 0.29) is 12.1 Å². The van der Waals surface area contributed by atoms with E-state index in [0.29, 0.717) is 12.2 Å². The lowest BCUT2D eigenvalue weighted by atomic mass is 10.0.